The number of morpholine rings is 1. The Kier molecular flexibility index (Phi) is 7.95. The minimum Gasteiger partial charge on any atom is -0.379 e. The topological polar surface area (TPSA) is 50.8 Å². The third-order valence-electron chi connectivity index (χ3n) is 4.10. The summed E-state index contributed by atoms with van der Waals surface area (Å²) in [6.07, 6.45) is 3.07. The van der Waals surface area contributed by atoms with Gasteiger partial charge in [0.2, 0.25) is 0 Å². The van der Waals surface area contributed by atoms with Crippen LogP contribution in [0.15, 0.2) is 36.9 Å². The van der Waals surface area contributed by atoms with E-state index in [1.54, 1.807) is 13.0 Å². The van der Waals surface area contributed by atoms with Crippen LogP contribution in [0.25, 0.3) is 0 Å². The Balaban J connectivity index is 1.74. The van der Waals surface area contributed by atoms with E-state index in [1.807, 2.05) is 12.1 Å². The van der Waals surface area contributed by atoms with E-state index in [0.29, 0.717) is 6.61 Å². The second-order valence-corrected chi connectivity index (χ2v) is 5.98. The van der Waals surface area contributed by atoms with Crippen LogP contribution in [0.1, 0.15) is 18.9 Å². The molecule has 1 heterocycles. The van der Waals surface area contributed by atoms with Crippen molar-refractivity contribution < 1.29 is 14.3 Å². The fourth-order valence-corrected chi connectivity index (χ4v) is 2.51. The first-order valence-electron chi connectivity index (χ1n) is 8.61. The number of benzene rings is 1. The quantitative estimate of drug-likeness (QED) is 0.557. The summed E-state index contributed by atoms with van der Waals surface area (Å²) < 4.78 is 10.8. The first-order valence-corrected chi connectivity index (χ1v) is 8.61. The molecule has 0 spiro atoms. The normalized spacial score (nSPS) is 16.5. The van der Waals surface area contributed by atoms with Crippen molar-refractivity contribution in [3.05, 3.63) is 42.5 Å². The van der Waals surface area contributed by atoms with E-state index in [4.69, 9.17) is 9.47 Å². The zero-order valence-electron chi connectivity index (χ0n) is 14.5. The Bertz CT molecular complexity index is 510. The largest absolute Gasteiger partial charge is 0.379 e. The molecule has 0 bridgehead atoms. The number of amides is 1. The maximum absolute atomic E-state index is 12.0. The van der Waals surface area contributed by atoms with Gasteiger partial charge >= 0.3 is 0 Å². The summed E-state index contributed by atoms with van der Waals surface area (Å²) in [5, 5.41) is 2.88. The Morgan fingerprint density at radius 1 is 1.38 bits per heavy atom. The summed E-state index contributed by atoms with van der Waals surface area (Å²) in [6, 6.07) is 8.03. The monoisotopic (exact) mass is 332 g/mol. The van der Waals surface area contributed by atoms with Crippen LogP contribution in [0, 0.1) is 0 Å². The molecule has 0 saturated carbocycles. The van der Waals surface area contributed by atoms with Crippen LogP contribution in [0.4, 0.5) is 5.69 Å². The van der Waals surface area contributed by atoms with E-state index in [9.17, 15) is 4.79 Å². The third kappa shape index (κ3) is 6.43. The lowest BCUT2D eigenvalue weighted by atomic mass is 10.1. The molecule has 1 aromatic rings. The minimum atomic E-state index is -0.467. The molecule has 1 atom stereocenters. The van der Waals surface area contributed by atoms with Crippen LogP contribution < -0.4 is 5.32 Å². The number of rotatable bonds is 9. The number of anilines is 1. The number of nitrogens with zero attached hydrogens (tertiary/aromatic N) is 1. The van der Waals surface area contributed by atoms with Crippen LogP contribution >= 0.6 is 0 Å². The maximum Gasteiger partial charge on any atom is 0.253 e. The predicted octanol–water partition coefficient (Wildman–Crippen LogP) is 2.48. The SMILES string of the molecule is C=CCCOC(C)C(=O)Nc1ccc(CCN2CCOCC2)cc1. The fourth-order valence-electron chi connectivity index (χ4n) is 2.51. The molecule has 0 aromatic heterocycles. The van der Waals surface area contributed by atoms with Gasteiger partial charge in [-0.2, -0.15) is 0 Å². The van der Waals surface area contributed by atoms with Gasteiger partial charge in [0, 0.05) is 25.3 Å². The minimum absolute atomic E-state index is 0.125. The van der Waals surface area contributed by atoms with Gasteiger partial charge in [-0.05, 0) is 37.5 Å². The molecule has 1 amide bonds. The predicted molar refractivity (Wildman–Crippen MR) is 96.3 cm³/mol. The van der Waals surface area contributed by atoms with Crippen LogP contribution in [-0.4, -0.2) is 56.4 Å². The molecule has 24 heavy (non-hydrogen) atoms. The van der Waals surface area contributed by atoms with Crippen LogP contribution in [0.3, 0.4) is 0 Å². The molecule has 1 N–H and O–H groups in total. The lowest BCUT2D eigenvalue weighted by molar-refractivity contribution is -0.126. The number of carbonyl (C=O) groups excluding carboxylic acids is 1. The molecule has 1 aliphatic rings. The van der Waals surface area contributed by atoms with Crippen molar-refractivity contribution in [1.29, 1.82) is 0 Å². The number of ether oxygens (including phenoxy) is 2. The average Bonchev–Trinajstić information content (AvgIpc) is 2.62. The Hall–Kier alpha value is -1.69. The Morgan fingerprint density at radius 3 is 2.75 bits per heavy atom. The summed E-state index contributed by atoms with van der Waals surface area (Å²) in [5.74, 6) is -0.125. The highest BCUT2D eigenvalue weighted by atomic mass is 16.5. The molecular formula is C19H28N2O3. The van der Waals surface area contributed by atoms with E-state index in [1.165, 1.54) is 5.56 Å². The molecule has 1 saturated heterocycles. The second-order valence-electron chi connectivity index (χ2n) is 5.98. The molecular weight excluding hydrogens is 304 g/mol. The molecule has 0 radical (unpaired) electrons. The van der Waals surface area contributed by atoms with Crippen molar-refractivity contribution in [2.45, 2.75) is 25.9 Å². The highest BCUT2D eigenvalue weighted by Crippen LogP contribution is 2.12. The van der Waals surface area contributed by atoms with Crippen LogP contribution in [0.2, 0.25) is 0 Å². The second kappa shape index (κ2) is 10.2. The summed E-state index contributed by atoms with van der Waals surface area (Å²) in [6.45, 7) is 10.6. The molecule has 1 fully saturated rings. The van der Waals surface area contributed by atoms with Crippen LogP contribution in [-0.2, 0) is 20.7 Å². The van der Waals surface area contributed by atoms with Crippen molar-refractivity contribution in [1.82, 2.24) is 4.90 Å². The third-order valence-corrected chi connectivity index (χ3v) is 4.10. The van der Waals surface area contributed by atoms with E-state index in [0.717, 1.165) is 51.4 Å². The lowest BCUT2D eigenvalue weighted by Gasteiger charge is -2.26. The summed E-state index contributed by atoms with van der Waals surface area (Å²) in [4.78, 5) is 14.5. The molecule has 5 heteroatoms. The zero-order chi connectivity index (χ0) is 17.2. The van der Waals surface area contributed by atoms with Gasteiger partial charge in [-0.25, -0.2) is 0 Å². The van der Waals surface area contributed by atoms with Crippen molar-refractivity contribution in [2.24, 2.45) is 0 Å². The van der Waals surface area contributed by atoms with Gasteiger partial charge in [0.05, 0.1) is 19.8 Å². The van der Waals surface area contributed by atoms with E-state index >= 15 is 0 Å². The number of hydrogen-bond donors (Lipinski definition) is 1. The molecule has 1 unspecified atom stereocenters. The molecule has 1 aliphatic heterocycles. The van der Waals surface area contributed by atoms with Gasteiger partial charge in [-0.15, -0.1) is 6.58 Å². The highest BCUT2D eigenvalue weighted by molar-refractivity contribution is 5.93. The lowest BCUT2D eigenvalue weighted by Crippen LogP contribution is -2.37. The van der Waals surface area contributed by atoms with E-state index in [2.05, 4.69) is 28.9 Å². The smallest absolute Gasteiger partial charge is 0.253 e. The number of hydrogen-bond acceptors (Lipinski definition) is 4. The highest BCUT2D eigenvalue weighted by Gasteiger charge is 2.13. The van der Waals surface area contributed by atoms with E-state index < -0.39 is 6.10 Å². The molecule has 132 valence electrons. The first-order chi connectivity index (χ1) is 11.7. The molecule has 1 aromatic carbocycles. The van der Waals surface area contributed by atoms with E-state index in [-0.39, 0.29) is 5.91 Å². The fraction of sp³-hybridized carbons (Fsp3) is 0.526. The average molecular weight is 332 g/mol. The molecule has 5 nitrogen and oxygen atoms in total. The van der Waals surface area contributed by atoms with Gasteiger partial charge in [0.15, 0.2) is 0 Å². The van der Waals surface area contributed by atoms with Gasteiger partial charge in [-0.1, -0.05) is 18.2 Å². The Morgan fingerprint density at radius 2 is 2.08 bits per heavy atom. The number of carbonyl (C=O) groups is 1. The Labute approximate surface area is 144 Å². The van der Waals surface area contributed by atoms with Gasteiger partial charge in [-0.3, -0.25) is 9.69 Å². The van der Waals surface area contributed by atoms with Crippen molar-refractivity contribution in [3.8, 4) is 0 Å². The number of nitrogens with one attached hydrogen (secondary N) is 1. The maximum atomic E-state index is 12.0. The van der Waals surface area contributed by atoms with Gasteiger partial charge < -0.3 is 14.8 Å². The molecule has 0 aliphatic carbocycles. The first kappa shape index (κ1) is 18.6. The standard InChI is InChI=1S/C19H28N2O3/c1-3-4-13-24-16(2)19(22)20-18-7-5-17(6-8-18)9-10-21-11-14-23-15-12-21/h3,5-8,16H,1,4,9-15H2,2H3,(H,20,22). The van der Waals surface area contributed by atoms with Gasteiger partial charge in [0.25, 0.3) is 5.91 Å². The van der Waals surface area contributed by atoms with Crippen LogP contribution in [0.5, 0.6) is 0 Å². The summed E-state index contributed by atoms with van der Waals surface area (Å²) >= 11 is 0. The van der Waals surface area contributed by atoms with Crippen molar-refractivity contribution in [3.63, 3.8) is 0 Å². The molecule has 2 rings (SSSR count). The summed E-state index contributed by atoms with van der Waals surface area (Å²) in [7, 11) is 0. The summed E-state index contributed by atoms with van der Waals surface area (Å²) in [5.41, 5.74) is 2.07. The van der Waals surface area contributed by atoms with Crippen molar-refractivity contribution >= 4 is 11.6 Å². The van der Waals surface area contributed by atoms with Gasteiger partial charge in [0.1, 0.15) is 6.10 Å². The van der Waals surface area contributed by atoms with Crippen molar-refractivity contribution in [2.75, 3.05) is 44.8 Å². The zero-order valence-corrected chi connectivity index (χ0v) is 14.5.